The van der Waals surface area contributed by atoms with Crippen molar-refractivity contribution in [2.75, 3.05) is 14.2 Å². The molecule has 0 atom stereocenters. The largest absolute Gasteiger partial charge is 0.496 e. The number of carbonyl (C=O) groups is 1. The Labute approximate surface area is 122 Å². The Morgan fingerprint density at radius 2 is 2.00 bits per heavy atom. The maximum atomic E-state index is 12.1. The molecular formula is C15H16N2O4. The van der Waals surface area contributed by atoms with E-state index >= 15 is 0 Å². The van der Waals surface area contributed by atoms with E-state index in [-0.39, 0.29) is 18.1 Å². The van der Waals surface area contributed by atoms with E-state index in [0.717, 1.165) is 6.29 Å². The Bertz CT molecular complexity index is 722. The van der Waals surface area contributed by atoms with Crippen molar-refractivity contribution in [2.24, 2.45) is 0 Å². The summed E-state index contributed by atoms with van der Waals surface area (Å²) in [5.74, 6) is 0.593. The molecule has 0 N–H and O–H groups in total. The van der Waals surface area contributed by atoms with E-state index in [1.165, 1.54) is 24.9 Å². The fourth-order valence-corrected chi connectivity index (χ4v) is 2.06. The van der Waals surface area contributed by atoms with Crippen molar-refractivity contribution in [1.29, 1.82) is 0 Å². The summed E-state index contributed by atoms with van der Waals surface area (Å²) in [5.41, 5.74) is 1.57. The van der Waals surface area contributed by atoms with Gasteiger partial charge in [-0.1, -0.05) is 0 Å². The van der Waals surface area contributed by atoms with Crippen LogP contribution in [0.15, 0.2) is 29.1 Å². The average Bonchev–Trinajstić information content (AvgIpc) is 2.49. The van der Waals surface area contributed by atoms with E-state index in [9.17, 15) is 9.59 Å². The third-order valence-electron chi connectivity index (χ3n) is 3.05. The average molecular weight is 288 g/mol. The van der Waals surface area contributed by atoms with Gasteiger partial charge in [0.05, 0.1) is 20.8 Å². The summed E-state index contributed by atoms with van der Waals surface area (Å²) >= 11 is 0. The van der Waals surface area contributed by atoms with E-state index in [1.807, 2.05) is 0 Å². The fraction of sp³-hybridized carbons (Fsp3) is 0.267. The lowest BCUT2D eigenvalue weighted by Crippen LogP contribution is -2.23. The molecule has 0 bridgehead atoms. The van der Waals surface area contributed by atoms with Crippen LogP contribution in [-0.2, 0) is 6.54 Å². The lowest BCUT2D eigenvalue weighted by Gasteiger charge is -2.13. The second-order valence-corrected chi connectivity index (χ2v) is 4.50. The Hall–Kier alpha value is -2.63. The quantitative estimate of drug-likeness (QED) is 0.778. The number of hydrogen-bond donors (Lipinski definition) is 0. The molecule has 0 fully saturated rings. The zero-order chi connectivity index (χ0) is 15.4. The lowest BCUT2D eigenvalue weighted by molar-refractivity contribution is 0.112. The van der Waals surface area contributed by atoms with Crippen LogP contribution >= 0.6 is 0 Å². The van der Waals surface area contributed by atoms with Gasteiger partial charge in [-0.05, 0) is 25.1 Å². The van der Waals surface area contributed by atoms with E-state index in [2.05, 4.69) is 4.98 Å². The molecule has 6 nitrogen and oxygen atoms in total. The monoisotopic (exact) mass is 288 g/mol. The molecule has 0 amide bonds. The molecule has 2 aromatic rings. The topological polar surface area (TPSA) is 70.4 Å². The third-order valence-corrected chi connectivity index (χ3v) is 3.05. The van der Waals surface area contributed by atoms with Gasteiger partial charge in [0.2, 0.25) is 0 Å². The van der Waals surface area contributed by atoms with E-state index in [4.69, 9.17) is 9.47 Å². The molecule has 0 saturated carbocycles. The Kier molecular flexibility index (Phi) is 4.37. The maximum Gasteiger partial charge on any atom is 0.299 e. The van der Waals surface area contributed by atoms with Crippen LogP contribution in [0.25, 0.3) is 0 Å². The SMILES string of the molecule is COc1ccc(C=O)cc1Cn1c(OC)nc(C)cc1=O. The molecule has 0 unspecified atom stereocenters. The summed E-state index contributed by atoms with van der Waals surface area (Å²) in [6.07, 6.45) is 0.746. The summed E-state index contributed by atoms with van der Waals surface area (Å²) in [4.78, 5) is 27.2. The van der Waals surface area contributed by atoms with Crippen molar-refractivity contribution in [3.8, 4) is 11.8 Å². The second kappa shape index (κ2) is 6.21. The zero-order valence-electron chi connectivity index (χ0n) is 12.1. The van der Waals surface area contributed by atoms with Gasteiger partial charge < -0.3 is 9.47 Å². The first-order valence-corrected chi connectivity index (χ1v) is 6.33. The minimum absolute atomic E-state index is 0.208. The van der Waals surface area contributed by atoms with Gasteiger partial charge in [0.25, 0.3) is 11.6 Å². The molecule has 21 heavy (non-hydrogen) atoms. The third kappa shape index (κ3) is 3.10. The number of methoxy groups -OCH3 is 2. The van der Waals surface area contributed by atoms with Crippen LogP contribution in [0, 0.1) is 6.92 Å². The van der Waals surface area contributed by atoms with Crippen molar-refractivity contribution in [3.63, 3.8) is 0 Å². The van der Waals surface area contributed by atoms with Gasteiger partial charge in [-0.15, -0.1) is 0 Å². The highest BCUT2D eigenvalue weighted by Gasteiger charge is 2.11. The van der Waals surface area contributed by atoms with Crippen LogP contribution in [0.2, 0.25) is 0 Å². The van der Waals surface area contributed by atoms with E-state index in [1.54, 1.807) is 25.1 Å². The molecule has 1 heterocycles. The predicted octanol–water partition coefficient (Wildman–Crippen LogP) is 1.43. The van der Waals surface area contributed by atoms with Gasteiger partial charge >= 0.3 is 0 Å². The number of aldehydes is 1. The highest BCUT2D eigenvalue weighted by molar-refractivity contribution is 5.75. The van der Waals surface area contributed by atoms with E-state index in [0.29, 0.717) is 22.6 Å². The summed E-state index contributed by atoms with van der Waals surface area (Å²) in [6, 6.07) is 6.68. The maximum absolute atomic E-state index is 12.1. The van der Waals surface area contributed by atoms with Crippen molar-refractivity contribution >= 4 is 6.29 Å². The van der Waals surface area contributed by atoms with Crippen molar-refractivity contribution in [2.45, 2.75) is 13.5 Å². The first-order chi connectivity index (χ1) is 10.1. The minimum atomic E-state index is -0.224. The number of benzene rings is 1. The fourth-order valence-electron chi connectivity index (χ4n) is 2.06. The molecule has 6 heteroatoms. The molecule has 0 spiro atoms. The molecule has 2 rings (SSSR count). The number of ether oxygens (including phenoxy) is 2. The lowest BCUT2D eigenvalue weighted by atomic mass is 10.1. The van der Waals surface area contributed by atoms with Crippen LogP contribution < -0.4 is 15.0 Å². The van der Waals surface area contributed by atoms with Crippen LogP contribution in [0.5, 0.6) is 11.8 Å². The van der Waals surface area contributed by atoms with Crippen molar-refractivity contribution in [3.05, 3.63) is 51.4 Å². The highest BCUT2D eigenvalue weighted by atomic mass is 16.5. The molecule has 0 aliphatic rings. The van der Waals surface area contributed by atoms with Crippen LogP contribution in [0.1, 0.15) is 21.6 Å². The van der Waals surface area contributed by atoms with Crippen molar-refractivity contribution < 1.29 is 14.3 Å². The summed E-state index contributed by atoms with van der Waals surface area (Å²) < 4.78 is 11.8. The smallest absolute Gasteiger partial charge is 0.299 e. The van der Waals surface area contributed by atoms with Crippen molar-refractivity contribution in [1.82, 2.24) is 9.55 Å². The molecule has 0 saturated heterocycles. The molecule has 0 radical (unpaired) electrons. The van der Waals surface area contributed by atoms with Crippen LogP contribution in [0.4, 0.5) is 0 Å². The molecule has 0 aliphatic heterocycles. The normalized spacial score (nSPS) is 10.2. The molecule has 1 aromatic carbocycles. The summed E-state index contributed by atoms with van der Waals surface area (Å²) in [6.45, 7) is 1.93. The van der Waals surface area contributed by atoms with Gasteiger partial charge in [0, 0.05) is 22.9 Å². The summed E-state index contributed by atoms with van der Waals surface area (Å²) in [7, 11) is 2.99. The number of aromatic nitrogens is 2. The van der Waals surface area contributed by atoms with Crippen LogP contribution in [-0.4, -0.2) is 30.1 Å². The molecular weight excluding hydrogens is 272 g/mol. The second-order valence-electron chi connectivity index (χ2n) is 4.50. The van der Waals surface area contributed by atoms with Crippen LogP contribution in [0.3, 0.4) is 0 Å². The number of carbonyl (C=O) groups excluding carboxylic acids is 1. The minimum Gasteiger partial charge on any atom is -0.496 e. The highest BCUT2D eigenvalue weighted by Crippen LogP contribution is 2.21. The number of nitrogens with zero attached hydrogens (tertiary/aromatic N) is 2. The van der Waals surface area contributed by atoms with Gasteiger partial charge in [-0.25, -0.2) is 4.98 Å². The molecule has 110 valence electrons. The zero-order valence-corrected chi connectivity index (χ0v) is 12.1. The Morgan fingerprint density at radius 3 is 2.62 bits per heavy atom. The Balaban J connectivity index is 2.52. The number of hydrogen-bond acceptors (Lipinski definition) is 5. The number of rotatable bonds is 5. The van der Waals surface area contributed by atoms with Gasteiger partial charge in [0.15, 0.2) is 0 Å². The van der Waals surface area contributed by atoms with E-state index < -0.39 is 0 Å². The first kappa shape index (κ1) is 14.8. The van der Waals surface area contributed by atoms with Gasteiger partial charge in [0.1, 0.15) is 12.0 Å². The summed E-state index contributed by atoms with van der Waals surface area (Å²) in [5, 5.41) is 0. The first-order valence-electron chi connectivity index (χ1n) is 6.33. The van der Waals surface area contributed by atoms with Gasteiger partial charge in [-0.3, -0.25) is 14.2 Å². The molecule has 1 aromatic heterocycles. The molecule has 0 aliphatic carbocycles. The number of aryl methyl sites for hydroxylation is 1. The van der Waals surface area contributed by atoms with Gasteiger partial charge in [-0.2, -0.15) is 0 Å². The Morgan fingerprint density at radius 1 is 1.24 bits per heavy atom. The predicted molar refractivity (Wildman–Crippen MR) is 77.3 cm³/mol. The standard InChI is InChI=1S/C15H16N2O4/c1-10-6-14(19)17(15(16-10)21-3)8-12-7-11(9-18)4-5-13(12)20-2/h4-7,9H,8H2,1-3H3.